The summed E-state index contributed by atoms with van der Waals surface area (Å²) in [6, 6.07) is 3.62. The molecule has 0 amide bonds. The molecule has 0 aliphatic heterocycles. The second-order valence-electron chi connectivity index (χ2n) is 4.08. The van der Waals surface area contributed by atoms with E-state index in [2.05, 4.69) is 5.32 Å². The van der Waals surface area contributed by atoms with Crippen molar-refractivity contribution < 1.29 is 13.2 Å². The van der Waals surface area contributed by atoms with E-state index in [0.29, 0.717) is 5.69 Å². The van der Waals surface area contributed by atoms with Crippen molar-refractivity contribution in [3.8, 4) is 0 Å². The van der Waals surface area contributed by atoms with E-state index >= 15 is 0 Å². The number of nitrogens with one attached hydrogen (secondary N) is 1. The number of benzene rings is 1. The lowest BCUT2D eigenvalue weighted by molar-refractivity contribution is -0.137. The average Bonchev–Trinajstić information content (AvgIpc) is 2.72. The van der Waals surface area contributed by atoms with Crippen LogP contribution in [0.2, 0.25) is 0 Å². The fourth-order valence-electron chi connectivity index (χ4n) is 1.83. The molecule has 17 heavy (non-hydrogen) atoms. The van der Waals surface area contributed by atoms with E-state index in [1.807, 2.05) is 12.2 Å². The van der Waals surface area contributed by atoms with Gasteiger partial charge in [-0.15, -0.1) is 0 Å². The molecule has 1 aromatic rings. The summed E-state index contributed by atoms with van der Waals surface area (Å²) in [6.45, 7) is 0. The Labute approximate surface area is 97.3 Å². The molecule has 3 N–H and O–H groups in total. The van der Waals surface area contributed by atoms with Gasteiger partial charge in [-0.25, -0.2) is 0 Å². The first-order valence-corrected chi connectivity index (χ1v) is 5.35. The number of nitrogens with two attached hydrogens (primary N) is 1. The third-order valence-electron chi connectivity index (χ3n) is 2.75. The Kier molecular flexibility index (Phi) is 3.00. The van der Waals surface area contributed by atoms with Crippen LogP contribution in [0, 0.1) is 0 Å². The zero-order chi connectivity index (χ0) is 12.5. The summed E-state index contributed by atoms with van der Waals surface area (Å²) < 4.78 is 37.3. The Morgan fingerprint density at radius 3 is 2.35 bits per heavy atom. The van der Waals surface area contributed by atoms with Crippen molar-refractivity contribution in [3.63, 3.8) is 0 Å². The van der Waals surface area contributed by atoms with E-state index in [1.165, 1.54) is 6.07 Å². The van der Waals surface area contributed by atoms with E-state index in [0.717, 1.165) is 25.0 Å². The van der Waals surface area contributed by atoms with Gasteiger partial charge in [-0.2, -0.15) is 13.2 Å². The van der Waals surface area contributed by atoms with Crippen LogP contribution in [0.15, 0.2) is 30.4 Å². The Bertz CT molecular complexity index is 430. The van der Waals surface area contributed by atoms with Crippen molar-refractivity contribution in [1.29, 1.82) is 0 Å². The van der Waals surface area contributed by atoms with Gasteiger partial charge in [0.1, 0.15) is 0 Å². The molecule has 0 unspecified atom stereocenters. The standard InChI is InChI=1S/C12H13F3N2/c13-12(14,15)8-5-6-11(10(16)7-8)17-9-3-1-2-4-9/h1-2,5-7,9,17H,3-4,16H2. The van der Waals surface area contributed by atoms with Gasteiger partial charge in [-0.05, 0) is 31.0 Å². The Hall–Kier alpha value is -1.65. The number of anilines is 2. The molecule has 0 saturated carbocycles. The van der Waals surface area contributed by atoms with E-state index in [1.54, 1.807) is 0 Å². The number of hydrogen-bond acceptors (Lipinski definition) is 2. The van der Waals surface area contributed by atoms with Crippen LogP contribution in [0.4, 0.5) is 24.5 Å². The highest BCUT2D eigenvalue weighted by Gasteiger charge is 2.30. The second-order valence-corrected chi connectivity index (χ2v) is 4.08. The minimum absolute atomic E-state index is 0.131. The van der Waals surface area contributed by atoms with Gasteiger partial charge in [0.2, 0.25) is 0 Å². The first-order valence-electron chi connectivity index (χ1n) is 5.35. The van der Waals surface area contributed by atoms with Gasteiger partial charge in [-0.3, -0.25) is 0 Å². The molecular weight excluding hydrogens is 229 g/mol. The lowest BCUT2D eigenvalue weighted by atomic mass is 10.1. The summed E-state index contributed by atoms with van der Waals surface area (Å²) in [4.78, 5) is 0. The number of hydrogen-bond donors (Lipinski definition) is 2. The smallest absolute Gasteiger partial charge is 0.397 e. The fraction of sp³-hybridized carbons (Fsp3) is 0.333. The summed E-state index contributed by atoms with van der Waals surface area (Å²) in [6.07, 6.45) is 1.48. The molecule has 1 aliphatic carbocycles. The van der Waals surface area contributed by atoms with Crippen molar-refractivity contribution in [2.75, 3.05) is 11.1 Å². The maximum atomic E-state index is 12.4. The van der Waals surface area contributed by atoms with E-state index in [9.17, 15) is 13.2 Å². The van der Waals surface area contributed by atoms with E-state index in [4.69, 9.17) is 5.73 Å². The number of rotatable bonds is 2. The highest BCUT2D eigenvalue weighted by molar-refractivity contribution is 5.67. The Morgan fingerprint density at radius 1 is 1.18 bits per heavy atom. The van der Waals surface area contributed by atoms with E-state index < -0.39 is 11.7 Å². The summed E-state index contributed by atoms with van der Waals surface area (Å²) in [5, 5.41) is 3.13. The fourth-order valence-corrected chi connectivity index (χ4v) is 1.83. The summed E-state index contributed by atoms with van der Waals surface area (Å²) in [5.41, 5.74) is 5.59. The molecule has 0 spiro atoms. The van der Waals surface area contributed by atoms with Gasteiger partial charge in [0.05, 0.1) is 16.9 Å². The largest absolute Gasteiger partial charge is 0.416 e. The number of halogens is 3. The molecule has 0 atom stereocenters. The molecular formula is C12H13F3N2. The third-order valence-corrected chi connectivity index (χ3v) is 2.75. The topological polar surface area (TPSA) is 38.0 Å². The minimum atomic E-state index is -4.35. The van der Waals surface area contributed by atoms with Crippen LogP contribution in [-0.4, -0.2) is 6.04 Å². The van der Waals surface area contributed by atoms with E-state index in [-0.39, 0.29) is 11.7 Å². The van der Waals surface area contributed by atoms with Gasteiger partial charge in [-0.1, -0.05) is 12.2 Å². The molecule has 0 fully saturated rings. The molecule has 92 valence electrons. The number of nitrogen functional groups attached to an aromatic ring is 1. The zero-order valence-corrected chi connectivity index (χ0v) is 9.09. The predicted octanol–water partition coefficient (Wildman–Crippen LogP) is 3.42. The van der Waals surface area contributed by atoms with Crippen molar-refractivity contribution in [2.45, 2.75) is 25.1 Å². The molecule has 5 heteroatoms. The molecule has 2 nitrogen and oxygen atoms in total. The monoisotopic (exact) mass is 242 g/mol. The highest BCUT2D eigenvalue weighted by atomic mass is 19.4. The van der Waals surface area contributed by atoms with Gasteiger partial charge in [0.25, 0.3) is 0 Å². The van der Waals surface area contributed by atoms with Gasteiger partial charge in [0, 0.05) is 6.04 Å². The lowest BCUT2D eigenvalue weighted by Gasteiger charge is -2.16. The van der Waals surface area contributed by atoms with Crippen molar-refractivity contribution in [2.24, 2.45) is 0 Å². The van der Waals surface area contributed by atoms with Crippen molar-refractivity contribution in [3.05, 3.63) is 35.9 Å². The summed E-state index contributed by atoms with van der Waals surface area (Å²) in [7, 11) is 0. The molecule has 0 heterocycles. The predicted molar refractivity (Wildman–Crippen MR) is 61.6 cm³/mol. The van der Waals surface area contributed by atoms with Crippen LogP contribution >= 0.6 is 0 Å². The Morgan fingerprint density at radius 2 is 1.82 bits per heavy atom. The molecule has 1 aromatic carbocycles. The van der Waals surface area contributed by atoms with Crippen LogP contribution in [0.25, 0.3) is 0 Å². The normalized spacial score (nSPS) is 16.4. The first-order chi connectivity index (χ1) is 7.97. The molecule has 1 aliphatic rings. The Balaban J connectivity index is 2.14. The molecule has 0 saturated heterocycles. The number of alkyl halides is 3. The average molecular weight is 242 g/mol. The quantitative estimate of drug-likeness (QED) is 0.616. The van der Waals surface area contributed by atoms with Crippen LogP contribution in [-0.2, 0) is 6.18 Å². The third kappa shape index (κ3) is 2.72. The molecule has 0 bridgehead atoms. The summed E-state index contributed by atoms with van der Waals surface area (Å²) in [5.74, 6) is 0. The maximum absolute atomic E-state index is 12.4. The van der Waals surface area contributed by atoms with Crippen LogP contribution in [0.1, 0.15) is 18.4 Å². The van der Waals surface area contributed by atoms with Crippen molar-refractivity contribution in [1.82, 2.24) is 0 Å². The van der Waals surface area contributed by atoms with Crippen LogP contribution in [0.5, 0.6) is 0 Å². The van der Waals surface area contributed by atoms with Gasteiger partial charge < -0.3 is 11.1 Å². The maximum Gasteiger partial charge on any atom is 0.416 e. The van der Waals surface area contributed by atoms with Crippen molar-refractivity contribution >= 4 is 11.4 Å². The zero-order valence-electron chi connectivity index (χ0n) is 9.09. The second kappa shape index (κ2) is 4.31. The summed E-state index contributed by atoms with van der Waals surface area (Å²) >= 11 is 0. The molecule has 0 aromatic heterocycles. The molecule has 0 radical (unpaired) electrons. The SMILES string of the molecule is Nc1cc(C(F)(F)F)ccc1NC1CC=CC1. The van der Waals surface area contributed by atoms with Crippen LogP contribution in [0.3, 0.4) is 0 Å². The lowest BCUT2D eigenvalue weighted by Crippen LogP contribution is -2.16. The highest BCUT2D eigenvalue weighted by Crippen LogP contribution is 2.33. The van der Waals surface area contributed by atoms with Gasteiger partial charge >= 0.3 is 6.18 Å². The molecule has 2 rings (SSSR count). The van der Waals surface area contributed by atoms with Gasteiger partial charge in [0.15, 0.2) is 0 Å². The minimum Gasteiger partial charge on any atom is -0.397 e. The van der Waals surface area contributed by atoms with Crippen LogP contribution < -0.4 is 11.1 Å². The first kappa shape index (κ1) is 11.8.